The SMILES string of the molecule is CCNC(C)c1nnc(NCc2nccs2)o1. The Kier molecular flexibility index (Phi) is 4.05. The molecule has 0 radical (unpaired) electrons. The van der Waals surface area contributed by atoms with Crippen molar-refractivity contribution >= 4 is 17.4 Å². The third-order valence-electron chi connectivity index (χ3n) is 2.20. The van der Waals surface area contributed by atoms with Gasteiger partial charge in [0, 0.05) is 11.6 Å². The number of thiazole rings is 1. The van der Waals surface area contributed by atoms with Gasteiger partial charge in [-0.05, 0) is 13.5 Å². The number of rotatable bonds is 6. The standard InChI is InChI=1S/C10H15N5OS/c1-3-11-7(2)9-14-15-10(16-9)13-6-8-12-4-5-17-8/h4-5,7,11H,3,6H2,1-2H3,(H,13,15). The molecule has 0 amide bonds. The van der Waals surface area contributed by atoms with Gasteiger partial charge in [0.15, 0.2) is 0 Å². The number of nitrogens with one attached hydrogen (secondary N) is 2. The van der Waals surface area contributed by atoms with Crippen molar-refractivity contribution in [3.63, 3.8) is 0 Å². The maximum atomic E-state index is 5.48. The fourth-order valence-corrected chi connectivity index (χ4v) is 1.92. The van der Waals surface area contributed by atoms with Crippen molar-refractivity contribution in [2.45, 2.75) is 26.4 Å². The monoisotopic (exact) mass is 253 g/mol. The minimum absolute atomic E-state index is 0.0721. The second-order valence-corrected chi connectivity index (χ2v) is 4.48. The van der Waals surface area contributed by atoms with E-state index in [1.54, 1.807) is 17.5 Å². The van der Waals surface area contributed by atoms with Crippen LogP contribution < -0.4 is 10.6 Å². The third kappa shape index (κ3) is 3.24. The lowest BCUT2D eigenvalue weighted by Gasteiger charge is -2.05. The van der Waals surface area contributed by atoms with Crippen molar-refractivity contribution in [2.75, 3.05) is 11.9 Å². The first-order valence-electron chi connectivity index (χ1n) is 5.48. The molecule has 92 valence electrons. The Labute approximate surface area is 103 Å². The van der Waals surface area contributed by atoms with Gasteiger partial charge in [-0.15, -0.1) is 16.4 Å². The van der Waals surface area contributed by atoms with Crippen LogP contribution in [0, 0.1) is 0 Å². The minimum Gasteiger partial charge on any atom is -0.406 e. The Bertz CT molecular complexity index is 441. The summed E-state index contributed by atoms with van der Waals surface area (Å²) in [5.41, 5.74) is 0. The van der Waals surface area contributed by atoms with Gasteiger partial charge < -0.3 is 15.1 Å². The molecular weight excluding hydrogens is 238 g/mol. The zero-order valence-corrected chi connectivity index (χ0v) is 10.6. The molecule has 0 bridgehead atoms. The second-order valence-electron chi connectivity index (χ2n) is 3.50. The van der Waals surface area contributed by atoms with Gasteiger partial charge in [0.05, 0.1) is 12.6 Å². The summed E-state index contributed by atoms with van der Waals surface area (Å²) in [6, 6.07) is 0.503. The van der Waals surface area contributed by atoms with Gasteiger partial charge >= 0.3 is 6.01 Å². The summed E-state index contributed by atoms with van der Waals surface area (Å²) < 4.78 is 5.48. The summed E-state index contributed by atoms with van der Waals surface area (Å²) >= 11 is 1.59. The second kappa shape index (κ2) is 5.74. The molecule has 6 nitrogen and oxygen atoms in total. The predicted molar refractivity (Wildman–Crippen MR) is 65.8 cm³/mol. The van der Waals surface area contributed by atoms with Crippen molar-refractivity contribution in [1.29, 1.82) is 0 Å². The Morgan fingerprint density at radius 1 is 1.47 bits per heavy atom. The van der Waals surface area contributed by atoms with Gasteiger partial charge in [-0.1, -0.05) is 12.0 Å². The van der Waals surface area contributed by atoms with Gasteiger partial charge in [0.1, 0.15) is 5.01 Å². The average Bonchev–Trinajstić information content (AvgIpc) is 2.98. The van der Waals surface area contributed by atoms with Crippen LogP contribution in [0.25, 0.3) is 0 Å². The van der Waals surface area contributed by atoms with Gasteiger partial charge in [-0.2, -0.15) is 0 Å². The Balaban J connectivity index is 1.89. The van der Waals surface area contributed by atoms with Crippen LogP contribution in [0.15, 0.2) is 16.0 Å². The van der Waals surface area contributed by atoms with Gasteiger partial charge in [0.25, 0.3) is 0 Å². The molecule has 2 N–H and O–H groups in total. The number of hydrogen-bond acceptors (Lipinski definition) is 7. The van der Waals surface area contributed by atoms with E-state index in [-0.39, 0.29) is 6.04 Å². The summed E-state index contributed by atoms with van der Waals surface area (Å²) in [6.45, 7) is 5.50. The molecule has 2 rings (SSSR count). The van der Waals surface area contributed by atoms with Crippen molar-refractivity contribution in [3.8, 4) is 0 Å². The summed E-state index contributed by atoms with van der Waals surface area (Å²) in [7, 11) is 0. The topological polar surface area (TPSA) is 75.9 Å². The smallest absolute Gasteiger partial charge is 0.315 e. The van der Waals surface area contributed by atoms with Crippen molar-refractivity contribution in [1.82, 2.24) is 20.5 Å². The molecular formula is C10H15N5OS. The third-order valence-corrected chi connectivity index (χ3v) is 2.98. The predicted octanol–water partition coefficient (Wildman–Crippen LogP) is 1.81. The van der Waals surface area contributed by atoms with E-state index in [4.69, 9.17) is 4.42 Å². The van der Waals surface area contributed by atoms with E-state index in [1.807, 2.05) is 19.2 Å². The number of anilines is 1. The van der Waals surface area contributed by atoms with E-state index in [2.05, 4.69) is 25.8 Å². The van der Waals surface area contributed by atoms with Gasteiger partial charge in [0.2, 0.25) is 5.89 Å². The van der Waals surface area contributed by atoms with E-state index in [1.165, 1.54) is 0 Å². The van der Waals surface area contributed by atoms with Crippen LogP contribution in [-0.4, -0.2) is 21.7 Å². The maximum Gasteiger partial charge on any atom is 0.315 e. The maximum absolute atomic E-state index is 5.48. The Hall–Kier alpha value is -1.47. The molecule has 1 unspecified atom stereocenters. The van der Waals surface area contributed by atoms with Crippen LogP contribution in [0.3, 0.4) is 0 Å². The molecule has 0 saturated heterocycles. The summed E-state index contributed by atoms with van der Waals surface area (Å²) in [4.78, 5) is 4.16. The lowest BCUT2D eigenvalue weighted by molar-refractivity contribution is 0.428. The normalized spacial score (nSPS) is 12.6. The molecule has 7 heteroatoms. The molecule has 1 atom stereocenters. The fourth-order valence-electron chi connectivity index (χ4n) is 1.37. The fraction of sp³-hybridized carbons (Fsp3) is 0.500. The van der Waals surface area contributed by atoms with Crippen LogP contribution in [0.4, 0.5) is 6.01 Å². The Morgan fingerprint density at radius 3 is 3.06 bits per heavy atom. The van der Waals surface area contributed by atoms with Crippen LogP contribution in [0.2, 0.25) is 0 Å². The molecule has 0 aliphatic heterocycles. The summed E-state index contributed by atoms with van der Waals surface area (Å²) in [6.07, 6.45) is 1.77. The zero-order valence-electron chi connectivity index (χ0n) is 9.80. The summed E-state index contributed by atoms with van der Waals surface area (Å²) in [5.74, 6) is 0.591. The average molecular weight is 253 g/mol. The van der Waals surface area contributed by atoms with Crippen LogP contribution in [0.5, 0.6) is 0 Å². The van der Waals surface area contributed by atoms with Gasteiger partial charge in [-0.25, -0.2) is 4.98 Å². The van der Waals surface area contributed by atoms with E-state index >= 15 is 0 Å². The highest BCUT2D eigenvalue weighted by Gasteiger charge is 2.12. The van der Waals surface area contributed by atoms with Crippen LogP contribution >= 0.6 is 11.3 Å². The first kappa shape index (κ1) is 12.0. The van der Waals surface area contributed by atoms with Crippen molar-refractivity contribution in [2.24, 2.45) is 0 Å². The summed E-state index contributed by atoms with van der Waals surface area (Å²) in [5, 5.41) is 17.1. The molecule has 2 aromatic heterocycles. The molecule has 0 saturated carbocycles. The van der Waals surface area contributed by atoms with Crippen molar-refractivity contribution < 1.29 is 4.42 Å². The van der Waals surface area contributed by atoms with E-state index in [0.29, 0.717) is 18.5 Å². The molecule has 0 fully saturated rings. The van der Waals surface area contributed by atoms with Crippen molar-refractivity contribution in [3.05, 3.63) is 22.5 Å². The molecule has 0 spiro atoms. The number of hydrogen-bond donors (Lipinski definition) is 2. The zero-order chi connectivity index (χ0) is 12.1. The highest BCUT2D eigenvalue weighted by Crippen LogP contribution is 2.14. The van der Waals surface area contributed by atoms with E-state index in [9.17, 15) is 0 Å². The van der Waals surface area contributed by atoms with Crippen LogP contribution in [0.1, 0.15) is 30.8 Å². The van der Waals surface area contributed by atoms with E-state index < -0.39 is 0 Å². The molecule has 0 aliphatic rings. The molecule has 0 aromatic carbocycles. The Morgan fingerprint density at radius 2 is 2.35 bits per heavy atom. The molecule has 2 heterocycles. The molecule has 17 heavy (non-hydrogen) atoms. The number of nitrogens with zero attached hydrogens (tertiary/aromatic N) is 3. The number of aromatic nitrogens is 3. The first-order chi connectivity index (χ1) is 8.29. The lowest BCUT2D eigenvalue weighted by atomic mass is 10.3. The minimum atomic E-state index is 0.0721. The highest BCUT2D eigenvalue weighted by atomic mass is 32.1. The first-order valence-corrected chi connectivity index (χ1v) is 6.36. The van der Waals surface area contributed by atoms with E-state index in [0.717, 1.165) is 11.6 Å². The largest absolute Gasteiger partial charge is 0.406 e. The van der Waals surface area contributed by atoms with Gasteiger partial charge in [-0.3, -0.25) is 0 Å². The van der Waals surface area contributed by atoms with Crippen LogP contribution in [-0.2, 0) is 6.54 Å². The highest BCUT2D eigenvalue weighted by molar-refractivity contribution is 7.09. The molecule has 2 aromatic rings. The quantitative estimate of drug-likeness (QED) is 0.817. The lowest BCUT2D eigenvalue weighted by Crippen LogP contribution is -2.17. The molecule has 0 aliphatic carbocycles.